The van der Waals surface area contributed by atoms with Gasteiger partial charge in [0.2, 0.25) is 0 Å². The van der Waals surface area contributed by atoms with Crippen molar-refractivity contribution in [3.63, 3.8) is 0 Å². The number of hydrogen-bond donors (Lipinski definition) is 2. The standard InChI is InChI=1S/C23H18ClNO4/c1-13-10-14(22(26)27)11-20(24)21(13)25-23(28)29-12-19-17-8-4-2-6-15(17)16-7-3-5-9-18(16)19/h2-11,19H,12H2,1H3,(H,25,28)(H,26,27). The molecule has 0 saturated heterocycles. The number of rotatable bonds is 4. The van der Waals surface area contributed by atoms with Gasteiger partial charge in [0.1, 0.15) is 6.61 Å². The molecule has 0 heterocycles. The van der Waals surface area contributed by atoms with Crippen LogP contribution in [0.1, 0.15) is 33.0 Å². The predicted octanol–water partition coefficient (Wildman–Crippen LogP) is 5.71. The highest BCUT2D eigenvalue weighted by atomic mass is 35.5. The summed E-state index contributed by atoms with van der Waals surface area (Å²) in [4.78, 5) is 23.5. The van der Waals surface area contributed by atoms with Crippen LogP contribution in [-0.4, -0.2) is 23.8 Å². The van der Waals surface area contributed by atoms with Gasteiger partial charge in [0, 0.05) is 5.92 Å². The van der Waals surface area contributed by atoms with Crippen molar-refractivity contribution in [2.45, 2.75) is 12.8 Å². The minimum absolute atomic E-state index is 0.0425. The van der Waals surface area contributed by atoms with Gasteiger partial charge in [-0.3, -0.25) is 5.32 Å². The number of ether oxygens (including phenoxy) is 1. The van der Waals surface area contributed by atoms with E-state index in [0.29, 0.717) is 11.3 Å². The average molecular weight is 408 g/mol. The maximum atomic E-state index is 12.4. The molecule has 0 saturated carbocycles. The number of hydrogen-bond acceptors (Lipinski definition) is 3. The van der Waals surface area contributed by atoms with E-state index in [2.05, 4.69) is 17.4 Å². The van der Waals surface area contributed by atoms with Crippen LogP contribution < -0.4 is 5.32 Å². The Bertz CT molecular complexity index is 1060. The number of nitrogens with one attached hydrogen (secondary N) is 1. The minimum Gasteiger partial charge on any atom is -0.478 e. The Balaban J connectivity index is 1.51. The van der Waals surface area contributed by atoms with E-state index in [1.165, 1.54) is 12.1 Å². The molecule has 146 valence electrons. The molecular weight excluding hydrogens is 390 g/mol. The number of aryl methyl sites for hydroxylation is 1. The number of aromatic carboxylic acids is 1. The molecule has 2 N–H and O–H groups in total. The molecule has 1 aliphatic carbocycles. The number of carboxylic acid groups (broad SMARTS) is 1. The Morgan fingerprint density at radius 2 is 1.62 bits per heavy atom. The molecule has 3 aromatic carbocycles. The number of carbonyl (C=O) groups excluding carboxylic acids is 1. The van der Waals surface area contributed by atoms with E-state index in [4.69, 9.17) is 21.4 Å². The van der Waals surface area contributed by atoms with Crippen molar-refractivity contribution in [1.82, 2.24) is 0 Å². The van der Waals surface area contributed by atoms with Crippen LogP contribution in [0.15, 0.2) is 60.7 Å². The van der Waals surface area contributed by atoms with Crippen LogP contribution in [0.5, 0.6) is 0 Å². The topological polar surface area (TPSA) is 75.6 Å². The lowest BCUT2D eigenvalue weighted by atomic mass is 9.98. The second-order valence-corrected chi connectivity index (χ2v) is 7.31. The van der Waals surface area contributed by atoms with E-state index >= 15 is 0 Å². The van der Waals surface area contributed by atoms with Crippen LogP contribution in [0.4, 0.5) is 10.5 Å². The molecule has 4 rings (SSSR count). The molecule has 6 heteroatoms. The van der Waals surface area contributed by atoms with Gasteiger partial charge in [-0.2, -0.15) is 0 Å². The molecule has 0 aromatic heterocycles. The zero-order valence-corrected chi connectivity index (χ0v) is 16.4. The summed E-state index contributed by atoms with van der Waals surface area (Å²) in [7, 11) is 0. The van der Waals surface area contributed by atoms with Gasteiger partial charge in [-0.25, -0.2) is 9.59 Å². The van der Waals surface area contributed by atoms with Crippen LogP contribution >= 0.6 is 11.6 Å². The summed E-state index contributed by atoms with van der Waals surface area (Å²) < 4.78 is 5.51. The van der Waals surface area contributed by atoms with Crippen LogP contribution in [0.2, 0.25) is 5.02 Å². The highest BCUT2D eigenvalue weighted by Gasteiger charge is 2.29. The number of amides is 1. The first-order chi connectivity index (χ1) is 14.0. The molecule has 0 fully saturated rings. The molecule has 0 radical (unpaired) electrons. The van der Waals surface area contributed by atoms with E-state index in [1.807, 2.05) is 36.4 Å². The molecule has 3 aromatic rings. The number of benzene rings is 3. The smallest absolute Gasteiger partial charge is 0.411 e. The first kappa shape index (κ1) is 19.0. The zero-order chi connectivity index (χ0) is 20.5. The van der Waals surface area contributed by atoms with Gasteiger partial charge in [-0.1, -0.05) is 60.1 Å². The van der Waals surface area contributed by atoms with Gasteiger partial charge >= 0.3 is 12.1 Å². The van der Waals surface area contributed by atoms with Gasteiger partial charge in [0.25, 0.3) is 0 Å². The Labute approximate surface area is 172 Å². The van der Waals surface area contributed by atoms with E-state index in [-0.39, 0.29) is 23.1 Å². The van der Waals surface area contributed by atoms with Gasteiger partial charge in [0.05, 0.1) is 16.3 Å². The lowest BCUT2D eigenvalue weighted by Crippen LogP contribution is -2.18. The van der Waals surface area contributed by atoms with Gasteiger partial charge in [0.15, 0.2) is 0 Å². The summed E-state index contributed by atoms with van der Waals surface area (Å²) in [6, 6.07) is 18.9. The fourth-order valence-corrected chi connectivity index (χ4v) is 4.08. The normalized spacial score (nSPS) is 12.2. The fourth-order valence-electron chi connectivity index (χ4n) is 3.76. The maximum absolute atomic E-state index is 12.4. The summed E-state index contributed by atoms with van der Waals surface area (Å²) in [6.45, 7) is 1.86. The Morgan fingerprint density at radius 3 is 2.17 bits per heavy atom. The monoisotopic (exact) mass is 407 g/mol. The van der Waals surface area contributed by atoms with Crippen molar-refractivity contribution < 1.29 is 19.4 Å². The summed E-state index contributed by atoms with van der Waals surface area (Å²) >= 11 is 6.15. The lowest BCUT2D eigenvalue weighted by Gasteiger charge is -2.16. The van der Waals surface area contributed by atoms with E-state index in [1.54, 1.807) is 6.92 Å². The van der Waals surface area contributed by atoms with Crippen LogP contribution in [-0.2, 0) is 4.74 Å². The third-order valence-electron chi connectivity index (χ3n) is 5.11. The molecular formula is C23H18ClNO4. The van der Waals surface area contributed by atoms with Crippen molar-refractivity contribution in [3.05, 3.63) is 87.9 Å². The van der Waals surface area contributed by atoms with Crippen molar-refractivity contribution in [2.75, 3.05) is 11.9 Å². The maximum Gasteiger partial charge on any atom is 0.411 e. The molecule has 0 aliphatic heterocycles. The minimum atomic E-state index is -1.08. The fraction of sp³-hybridized carbons (Fsp3) is 0.130. The summed E-state index contributed by atoms with van der Waals surface area (Å²) in [5.41, 5.74) is 5.51. The van der Waals surface area contributed by atoms with Gasteiger partial charge < -0.3 is 9.84 Å². The molecule has 29 heavy (non-hydrogen) atoms. The Morgan fingerprint density at radius 1 is 1.03 bits per heavy atom. The predicted molar refractivity (Wildman–Crippen MR) is 112 cm³/mol. The number of halogens is 1. The zero-order valence-electron chi connectivity index (χ0n) is 15.6. The highest BCUT2D eigenvalue weighted by molar-refractivity contribution is 6.34. The van der Waals surface area contributed by atoms with Gasteiger partial charge in [-0.15, -0.1) is 0 Å². The van der Waals surface area contributed by atoms with Crippen molar-refractivity contribution >= 4 is 29.4 Å². The average Bonchev–Trinajstić information content (AvgIpc) is 3.03. The van der Waals surface area contributed by atoms with Crippen LogP contribution in [0.25, 0.3) is 11.1 Å². The SMILES string of the molecule is Cc1cc(C(=O)O)cc(Cl)c1NC(=O)OCC1c2ccccc2-c2ccccc21. The Kier molecular flexibility index (Phi) is 4.99. The third kappa shape index (κ3) is 3.57. The molecule has 0 spiro atoms. The number of anilines is 1. The lowest BCUT2D eigenvalue weighted by molar-refractivity contribution is 0.0696. The van der Waals surface area contributed by atoms with E-state index in [9.17, 15) is 9.59 Å². The van der Waals surface area contributed by atoms with Crippen LogP contribution in [0, 0.1) is 6.92 Å². The number of carbonyl (C=O) groups is 2. The molecule has 5 nitrogen and oxygen atoms in total. The molecule has 0 atom stereocenters. The third-order valence-corrected chi connectivity index (χ3v) is 5.40. The summed E-state index contributed by atoms with van der Waals surface area (Å²) in [6.07, 6.45) is -0.639. The van der Waals surface area contributed by atoms with Gasteiger partial charge in [-0.05, 0) is 46.9 Å². The molecule has 0 bridgehead atoms. The van der Waals surface area contributed by atoms with E-state index in [0.717, 1.165) is 22.3 Å². The van der Waals surface area contributed by atoms with Crippen molar-refractivity contribution in [2.24, 2.45) is 0 Å². The highest BCUT2D eigenvalue weighted by Crippen LogP contribution is 2.44. The molecule has 0 unspecified atom stereocenters. The molecule has 1 aliphatic rings. The van der Waals surface area contributed by atoms with Crippen molar-refractivity contribution in [3.8, 4) is 11.1 Å². The quantitative estimate of drug-likeness (QED) is 0.581. The van der Waals surface area contributed by atoms with Crippen molar-refractivity contribution in [1.29, 1.82) is 0 Å². The first-order valence-corrected chi connectivity index (χ1v) is 9.49. The van der Waals surface area contributed by atoms with Crippen LogP contribution in [0.3, 0.4) is 0 Å². The number of fused-ring (bicyclic) bond motifs is 3. The van der Waals surface area contributed by atoms with E-state index < -0.39 is 12.1 Å². The molecule has 1 amide bonds. The first-order valence-electron chi connectivity index (χ1n) is 9.11. The largest absolute Gasteiger partial charge is 0.478 e. The summed E-state index contributed by atoms with van der Waals surface area (Å²) in [5.74, 6) is -1.12. The summed E-state index contributed by atoms with van der Waals surface area (Å²) in [5, 5.41) is 11.9. The second-order valence-electron chi connectivity index (χ2n) is 6.91. The Hall–Kier alpha value is -3.31. The second kappa shape index (κ2) is 7.60. The number of carboxylic acids is 1.